The van der Waals surface area contributed by atoms with Crippen LogP contribution in [0, 0.1) is 11.3 Å². The van der Waals surface area contributed by atoms with Crippen molar-refractivity contribution >= 4 is 0 Å². The van der Waals surface area contributed by atoms with Gasteiger partial charge in [-0.25, -0.2) is 0 Å². The van der Waals surface area contributed by atoms with Crippen molar-refractivity contribution in [3.63, 3.8) is 0 Å². The van der Waals surface area contributed by atoms with E-state index in [1.54, 1.807) is 0 Å². The third-order valence-corrected chi connectivity index (χ3v) is 4.82. The molecule has 0 amide bonds. The predicted octanol–water partition coefficient (Wildman–Crippen LogP) is 1.24. The first-order valence-electron chi connectivity index (χ1n) is 6.53. The van der Waals surface area contributed by atoms with Gasteiger partial charge in [0.05, 0.1) is 12.2 Å². The van der Waals surface area contributed by atoms with Crippen molar-refractivity contribution in [3.05, 3.63) is 0 Å². The highest BCUT2D eigenvalue weighted by Crippen LogP contribution is 2.49. The molecule has 1 saturated carbocycles. The van der Waals surface area contributed by atoms with E-state index in [9.17, 15) is 10.2 Å². The number of hydrogen-bond donors (Lipinski definition) is 2. The molecule has 0 spiro atoms. The lowest BCUT2D eigenvalue weighted by atomic mass is 9.61. The Bertz CT molecular complexity index is 258. The molecule has 16 heavy (non-hydrogen) atoms. The quantitative estimate of drug-likeness (QED) is 0.746. The fourth-order valence-electron chi connectivity index (χ4n) is 3.79. The molecule has 0 bridgehead atoms. The summed E-state index contributed by atoms with van der Waals surface area (Å²) < 4.78 is 0. The van der Waals surface area contributed by atoms with Crippen LogP contribution in [0.25, 0.3) is 0 Å². The minimum atomic E-state index is -0.662. The maximum Gasteiger partial charge on any atom is 0.0863 e. The molecule has 1 aliphatic heterocycles. The minimum absolute atomic E-state index is 0.141. The molecule has 0 aromatic rings. The number of likely N-dealkylation sites (N-methyl/N-ethyl adjacent to an activating group) is 1. The summed E-state index contributed by atoms with van der Waals surface area (Å²) in [6, 6.07) is 0. The van der Waals surface area contributed by atoms with Crippen LogP contribution >= 0.6 is 0 Å². The molecule has 3 atom stereocenters. The summed E-state index contributed by atoms with van der Waals surface area (Å²) in [5.74, 6) is 0.635. The molecule has 2 N–H and O–H groups in total. The van der Waals surface area contributed by atoms with Crippen LogP contribution in [-0.2, 0) is 0 Å². The SMILES string of the molecule is CC1CCCC(CO)(C2(O)CCN(C)C2)C1. The van der Waals surface area contributed by atoms with Crippen molar-refractivity contribution in [1.29, 1.82) is 0 Å². The fourth-order valence-corrected chi connectivity index (χ4v) is 3.79. The van der Waals surface area contributed by atoms with Gasteiger partial charge in [0.1, 0.15) is 0 Å². The fraction of sp³-hybridized carbons (Fsp3) is 1.00. The van der Waals surface area contributed by atoms with Gasteiger partial charge in [-0.1, -0.05) is 19.8 Å². The van der Waals surface area contributed by atoms with Gasteiger partial charge in [0.2, 0.25) is 0 Å². The van der Waals surface area contributed by atoms with E-state index in [2.05, 4.69) is 18.9 Å². The molecule has 3 nitrogen and oxygen atoms in total. The Balaban J connectivity index is 2.19. The van der Waals surface area contributed by atoms with E-state index < -0.39 is 5.60 Å². The smallest absolute Gasteiger partial charge is 0.0863 e. The predicted molar refractivity (Wildman–Crippen MR) is 64.2 cm³/mol. The van der Waals surface area contributed by atoms with Crippen molar-refractivity contribution in [3.8, 4) is 0 Å². The van der Waals surface area contributed by atoms with Crippen molar-refractivity contribution < 1.29 is 10.2 Å². The zero-order valence-corrected chi connectivity index (χ0v) is 10.6. The highest BCUT2D eigenvalue weighted by Gasteiger charge is 2.53. The first-order valence-corrected chi connectivity index (χ1v) is 6.53. The highest BCUT2D eigenvalue weighted by molar-refractivity contribution is 5.05. The van der Waals surface area contributed by atoms with Crippen LogP contribution in [0.1, 0.15) is 39.0 Å². The van der Waals surface area contributed by atoms with Gasteiger partial charge in [-0.3, -0.25) is 0 Å². The van der Waals surface area contributed by atoms with Crippen LogP contribution in [0.4, 0.5) is 0 Å². The van der Waals surface area contributed by atoms with Crippen LogP contribution < -0.4 is 0 Å². The van der Waals surface area contributed by atoms with E-state index in [1.165, 1.54) is 6.42 Å². The molecule has 3 unspecified atom stereocenters. The number of likely N-dealkylation sites (tertiary alicyclic amines) is 1. The van der Waals surface area contributed by atoms with Crippen LogP contribution in [0.2, 0.25) is 0 Å². The summed E-state index contributed by atoms with van der Waals surface area (Å²) in [6.07, 6.45) is 5.17. The maximum absolute atomic E-state index is 10.9. The van der Waals surface area contributed by atoms with Crippen LogP contribution in [0.15, 0.2) is 0 Å². The van der Waals surface area contributed by atoms with E-state index in [1.807, 2.05) is 0 Å². The second kappa shape index (κ2) is 4.28. The van der Waals surface area contributed by atoms with Crippen molar-refractivity contribution in [1.82, 2.24) is 4.90 Å². The van der Waals surface area contributed by atoms with Crippen LogP contribution in [0.3, 0.4) is 0 Å². The molecule has 2 rings (SSSR count). The molecule has 1 heterocycles. The van der Waals surface area contributed by atoms with Crippen LogP contribution in [-0.4, -0.2) is 47.5 Å². The van der Waals surface area contributed by atoms with Gasteiger partial charge in [-0.2, -0.15) is 0 Å². The topological polar surface area (TPSA) is 43.7 Å². The van der Waals surface area contributed by atoms with E-state index in [-0.39, 0.29) is 12.0 Å². The van der Waals surface area contributed by atoms with Gasteiger partial charge in [-0.05, 0) is 32.2 Å². The monoisotopic (exact) mass is 227 g/mol. The molecule has 0 aromatic carbocycles. The first kappa shape index (κ1) is 12.3. The Hall–Kier alpha value is -0.120. The van der Waals surface area contributed by atoms with Gasteiger partial charge in [0.15, 0.2) is 0 Å². The number of nitrogens with zero attached hydrogens (tertiary/aromatic N) is 1. The van der Waals surface area contributed by atoms with Crippen molar-refractivity contribution in [2.45, 2.75) is 44.6 Å². The number of aliphatic hydroxyl groups excluding tert-OH is 1. The molecule has 2 aliphatic rings. The standard InChI is InChI=1S/C13H25NO2/c1-11-4-3-5-12(8-11,10-15)13(16)6-7-14(2)9-13/h11,15-16H,3-10H2,1-2H3. The summed E-state index contributed by atoms with van der Waals surface area (Å²) in [6.45, 7) is 4.06. The molecule has 0 radical (unpaired) electrons. The Morgan fingerprint density at radius 1 is 1.38 bits per heavy atom. The Morgan fingerprint density at radius 3 is 2.62 bits per heavy atom. The van der Waals surface area contributed by atoms with E-state index in [0.29, 0.717) is 5.92 Å². The number of hydrogen-bond acceptors (Lipinski definition) is 3. The molecule has 2 fully saturated rings. The summed E-state index contributed by atoms with van der Waals surface area (Å²) in [4.78, 5) is 2.18. The summed E-state index contributed by atoms with van der Waals surface area (Å²) in [7, 11) is 2.05. The third-order valence-electron chi connectivity index (χ3n) is 4.82. The van der Waals surface area contributed by atoms with E-state index in [0.717, 1.165) is 38.8 Å². The lowest BCUT2D eigenvalue weighted by molar-refractivity contribution is -0.126. The lowest BCUT2D eigenvalue weighted by Crippen LogP contribution is -2.54. The number of aliphatic hydroxyl groups is 2. The number of β-amino-alcohol motifs (C(OH)–C–C–N with tert-alkyl or cyclic N) is 1. The summed E-state index contributed by atoms with van der Waals surface area (Å²) in [5, 5.41) is 20.6. The zero-order chi connectivity index (χ0) is 11.8. The molecule has 0 aromatic heterocycles. The van der Waals surface area contributed by atoms with Gasteiger partial charge >= 0.3 is 0 Å². The Morgan fingerprint density at radius 2 is 2.12 bits per heavy atom. The third kappa shape index (κ3) is 1.89. The van der Waals surface area contributed by atoms with Crippen molar-refractivity contribution in [2.24, 2.45) is 11.3 Å². The van der Waals surface area contributed by atoms with Crippen LogP contribution in [0.5, 0.6) is 0 Å². The zero-order valence-electron chi connectivity index (χ0n) is 10.6. The van der Waals surface area contributed by atoms with Gasteiger partial charge in [-0.15, -0.1) is 0 Å². The minimum Gasteiger partial charge on any atom is -0.396 e. The average molecular weight is 227 g/mol. The molecular weight excluding hydrogens is 202 g/mol. The molecule has 94 valence electrons. The summed E-state index contributed by atoms with van der Waals surface area (Å²) >= 11 is 0. The summed E-state index contributed by atoms with van der Waals surface area (Å²) in [5.41, 5.74) is -0.902. The van der Waals surface area contributed by atoms with E-state index >= 15 is 0 Å². The molecule has 3 heteroatoms. The highest BCUT2D eigenvalue weighted by atomic mass is 16.3. The van der Waals surface area contributed by atoms with Gasteiger partial charge in [0.25, 0.3) is 0 Å². The van der Waals surface area contributed by atoms with Crippen molar-refractivity contribution in [2.75, 3.05) is 26.7 Å². The Labute approximate surface area is 98.5 Å². The second-order valence-corrected chi connectivity index (χ2v) is 6.16. The lowest BCUT2D eigenvalue weighted by Gasteiger charge is -2.48. The second-order valence-electron chi connectivity index (χ2n) is 6.16. The molecular formula is C13H25NO2. The van der Waals surface area contributed by atoms with Gasteiger partial charge in [0, 0.05) is 18.5 Å². The normalized spacial score (nSPS) is 46.1. The largest absolute Gasteiger partial charge is 0.396 e. The van der Waals surface area contributed by atoms with Gasteiger partial charge < -0.3 is 15.1 Å². The number of rotatable bonds is 2. The Kier molecular flexibility index (Phi) is 3.30. The average Bonchev–Trinajstić information content (AvgIpc) is 2.60. The van der Waals surface area contributed by atoms with E-state index in [4.69, 9.17) is 0 Å². The molecule has 1 aliphatic carbocycles. The first-order chi connectivity index (χ1) is 7.51. The molecule has 1 saturated heterocycles. The maximum atomic E-state index is 10.9.